The van der Waals surface area contributed by atoms with Gasteiger partial charge in [0.1, 0.15) is 5.82 Å². The van der Waals surface area contributed by atoms with Gasteiger partial charge in [0.25, 0.3) is 0 Å². The lowest BCUT2D eigenvalue weighted by Crippen LogP contribution is -2.36. The Morgan fingerprint density at radius 3 is 2.67 bits per heavy atom. The van der Waals surface area contributed by atoms with Crippen molar-refractivity contribution in [3.63, 3.8) is 0 Å². The van der Waals surface area contributed by atoms with Crippen LogP contribution in [0.15, 0.2) is 24.3 Å². The van der Waals surface area contributed by atoms with Crippen molar-refractivity contribution in [3.8, 4) is 0 Å². The van der Waals surface area contributed by atoms with Crippen LogP contribution in [0.1, 0.15) is 58.4 Å². The number of halogens is 1. The quantitative estimate of drug-likeness (QED) is 0.806. The van der Waals surface area contributed by atoms with E-state index in [0.29, 0.717) is 23.2 Å². The Labute approximate surface area is 129 Å². The van der Waals surface area contributed by atoms with Crippen LogP contribution in [0.3, 0.4) is 0 Å². The Kier molecular flexibility index (Phi) is 5.43. The molecule has 1 N–H and O–H groups in total. The Morgan fingerprint density at radius 1 is 1.29 bits per heavy atom. The average molecular weight is 291 g/mol. The third-order valence-electron chi connectivity index (χ3n) is 4.80. The van der Waals surface area contributed by atoms with Gasteiger partial charge in [0, 0.05) is 0 Å². The molecule has 2 heteroatoms. The van der Waals surface area contributed by atoms with Crippen molar-refractivity contribution in [2.45, 2.75) is 52.9 Å². The van der Waals surface area contributed by atoms with Crippen LogP contribution < -0.4 is 5.32 Å². The summed E-state index contributed by atoms with van der Waals surface area (Å²) in [5.74, 6) is 1.52. The molecule has 0 saturated heterocycles. The van der Waals surface area contributed by atoms with Crippen LogP contribution in [0.25, 0.3) is 0 Å². The van der Waals surface area contributed by atoms with Crippen LogP contribution in [-0.2, 0) is 0 Å². The van der Waals surface area contributed by atoms with E-state index < -0.39 is 0 Å². The maximum absolute atomic E-state index is 14.2. The predicted octanol–water partition coefficient (Wildman–Crippen LogP) is 4.98. The van der Waals surface area contributed by atoms with Gasteiger partial charge in [-0.05, 0) is 67.2 Å². The minimum atomic E-state index is -0.0333. The molecule has 0 aliphatic heterocycles. The highest BCUT2D eigenvalue weighted by Gasteiger charge is 2.36. The lowest BCUT2D eigenvalue weighted by molar-refractivity contribution is 0.157. The van der Waals surface area contributed by atoms with Gasteiger partial charge in [-0.3, -0.25) is 0 Å². The normalized spacial score (nSPS) is 25.2. The monoisotopic (exact) mass is 291 g/mol. The molecule has 118 valence electrons. The first-order valence-corrected chi connectivity index (χ1v) is 8.34. The second kappa shape index (κ2) is 6.91. The van der Waals surface area contributed by atoms with Crippen LogP contribution in [-0.4, -0.2) is 13.1 Å². The Balaban J connectivity index is 2.12. The Morgan fingerprint density at radius 2 is 2.00 bits per heavy atom. The number of hydrogen-bond donors (Lipinski definition) is 1. The topological polar surface area (TPSA) is 12.0 Å². The molecular weight excluding hydrogens is 261 g/mol. The average Bonchev–Trinajstić information content (AvgIpc) is 2.40. The molecule has 2 rings (SSSR count). The smallest absolute Gasteiger partial charge is 0.126 e. The van der Waals surface area contributed by atoms with E-state index in [1.54, 1.807) is 12.1 Å². The summed E-state index contributed by atoms with van der Waals surface area (Å²) in [5, 5.41) is 3.58. The summed E-state index contributed by atoms with van der Waals surface area (Å²) in [6.07, 6.45) is 3.52. The van der Waals surface area contributed by atoms with Gasteiger partial charge in [-0.1, -0.05) is 45.9 Å². The third-order valence-corrected chi connectivity index (χ3v) is 4.80. The first-order chi connectivity index (χ1) is 9.89. The van der Waals surface area contributed by atoms with Gasteiger partial charge in [-0.15, -0.1) is 0 Å². The number of benzene rings is 1. The van der Waals surface area contributed by atoms with Gasteiger partial charge < -0.3 is 5.32 Å². The van der Waals surface area contributed by atoms with E-state index in [1.165, 1.54) is 12.8 Å². The van der Waals surface area contributed by atoms with Crippen molar-refractivity contribution in [2.75, 3.05) is 13.1 Å². The van der Waals surface area contributed by atoms with Gasteiger partial charge in [-0.25, -0.2) is 4.39 Å². The van der Waals surface area contributed by atoms with E-state index in [1.807, 2.05) is 12.1 Å². The molecule has 0 aromatic heterocycles. The molecule has 0 bridgehead atoms. The maximum Gasteiger partial charge on any atom is 0.126 e. The van der Waals surface area contributed by atoms with Crippen LogP contribution >= 0.6 is 0 Å². The van der Waals surface area contributed by atoms with Crippen molar-refractivity contribution < 1.29 is 4.39 Å². The lowest BCUT2D eigenvalue weighted by atomic mass is 9.65. The first-order valence-electron chi connectivity index (χ1n) is 8.34. The van der Waals surface area contributed by atoms with Crippen molar-refractivity contribution in [1.29, 1.82) is 0 Å². The highest BCUT2D eigenvalue weighted by molar-refractivity contribution is 5.23. The zero-order valence-corrected chi connectivity index (χ0v) is 14.0. The van der Waals surface area contributed by atoms with Crippen LogP contribution in [0, 0.1) is 23.1 Å². The third kappa shape index (κ3) is 4.54. The highest BCUT2D eigenvalue weighted by Crippen LogP contribution is 2.47. The van der Waals surface area contributed by atoms with Crippen molar-refractivity contribution in [3.05, 3.63) is 35.6 Å². The molecule has 2 atom stereocenters. The van der Waals surface area contributed by atoms with Gasteiger partial charge >= 0.3 is 0 Å². The number of rotatable bonds is 5. The molecule has 1 aliphatic carbocycles. The van der Waals surface area contributed by atoms with Crippen LogP contribution in [0.4, 0.5) is 4.39 Å². The summed E-state index contributed by atoms with van der Waals surface area (Å²) in [4.78, 5) is 0. The minimum absolute atomic E-state index is 0.0333. The summed E-state index contributed by atoms with van der Waals surface area (Å²) in [5.41, 5.74) is 1.24. The first kappa shape index (κ1) is 16.5. The van der Waals surface area contributed by atoms with E-state index in [9.17, 15) is 4.39 Å². The summed E-state index contributed by atoms with van der Waals surface area (Å²) < 4.78 is 14.2. The Hall–Kier alpha value is -0.890. The predicted molar refractivity (Wildman–Crippen MR) is 88.0 cm³/mol. The molecule has 1 nitrogen and oxygen atoms in total. The fraction of sp³-hybridized carbons (Fsp3) is 0.684. The van der Waals surface area contributed by atoms with E-state index in [4.69, 9.17) is 0 Å². The van der Waals surface area contributed by atoms with Gasteiger partial charge in [0.05, 0.1) is 0 Å². The van der Waals surface area contributed by atoms with E-state index >= 15 is 0 Å². The van der Waals surface area contributed by atoms with Crippen LogP contribution in [0.5, 0.6) is 0 Å². The number of nitrogens with one attached hydrogen (secondary N) is 1. The molecule has 1 aliphatic rings. The summed E-state index contributed by atoms with van der Waals surface area (Å²) in [7, 11) is 0. The molecule has 1 saturated carbocycles. The van der Waals surface area contributed by atoms with E-state index in [-0.39, 0.29) is 5.82 Å². The second-order valence-electron chi connectivity index (χ2n) is 7.85. The zero-order valence-electron chi connectivity index (χ0n) is 14.0. The fourth-order valence-corrected chi connectivity index (χ4v) is 3.58. The van der Waals surface area contributed by atoms with Gasteiger partial charge in [-0.2, -0.15) is 0 Å². The molecule has 21 heavy (non-hydrogen) atoms. The molecule has 2 unspecified atom stereocenters. The number of hydrogen-bond acceptors (Lipinski definition) is 1. The fourth-order valence-electron chi connectivity index (χ4n) is 3.58. The van der Waals surface area contributed by atoms with Gasteiger partial charge in [0.2, 0.25) is 0 Å². The zero-order chi connectivity index (χ0) is 15.5. The molecule has 0 spiro atoms. The molecule has 1 aromatic carbocycles. The van der Waals surface area contributed by atoms with Crippen molar-refractivity contribution in [1.82, 2.24) is 5.32 Å². The summed E-state index contributed by atoms with van der Waals surface area (Å²) >= 11 is 0. The lowest BCUT2D eigenvalue weighted by Gasteiger charge is -2.41. The molecule has 0 amide bonds. The minimum Gasteiger partial charge on any atom is -0.316 e. The van der Waals surface area contributed by atoms with E-state index in [0.717, 1.165) is 25.1 Å². The van der Waals surface area contributed by atoms with Crippen LogP contribution in [0.2, 0.25) is 0 Å². The maximum atomic E-state index is 14.2. The Bertz CT molecular complexity index is 453. The molecule has 0 radical (unpaired) electrons. The SMILES string of the molecule is CC(C)CNCC1CCC(C)(C)CC1c1ccccc1F. The molecular formula is C19H30FN. The van der Waals surface area contributed by atoms with Crippen molar-refractivity contribution >= 4 is 0 Å². The summed E-state index contributed by atoms with van der Waals surface area (Å²) in [6.45, 7) is 11.1. The largest absolute Gasteiger partial charge is 0.316 e. The molecule has 1 fully saturated rings. The van der Waals surface area contributed by atoms with Gasteiger partial charge in [0.15, 0.2) is 0 Å². The standard InChI is InChI=1S/C19H30FN/c1-14(2)12-21-13-15-9-10-19(3,4)11-17(15)16-7-5-6-8-18(16)20/h5-8,14-15,17,21H,9-13H2,1-4H3. The van der Waals surface area contributed by atoms with E-state index in [2.05, 4.69) is 33.0 Å². The molecule has 0 heterocycles. The highest BCUT2D eigenvalue weighted by atomic mass is 19.1. The summed E-state index contributed by atoms with van der Waals surface area (Å²) in [6, 6.07) is 7.35. The van der Waals surface area contributed by atoms with Crippen molar-refractivity contribution in [2.24, 2.45) is 17.3 Å². The second-order valence-corrected chi connectivity index (χ2v) is 7.85. The molecule has 1 aromatic rings.